The number of anilines is 2. The van der Waals surface area contributed by atoms with Crippen LogP contribution < -0.4 is 16.4 Å². The molecule has 116 valence electrons. The number of carbonyl (C=O) groups excluding carboxylic acids is 1. The number of benzene rings is 1. The molecule has 0 heterocycles. The zero-order valence-corrected chi connectivity index (χ0v) is 13.8. The van der Waals surface area contributed by atoms with Gasteiger partial charge in [-0.1, -0.05) is 11.8 Å². The Kier molecular flexibility index (Phi) is 7.27. The molecule has 0 aliphatic carbocycles. The molecule has 1 amide bonds. The number of carbonyl (C=O) groups is 1. The number of rotatable bonds is 5. The molecule has 21 heavy (non-hydrogen) atoms. The van der Waals surface area contributed by atoms with Crippen LogP contribution in [0.4, 0.5) is 16.2 Å². The molecule has 0 spiro atoms. The summed E-state index contributed by atoms with van der Waals surface area (Å²) in [7, 11) is 1.26. The van der Waals surface area contributed by atoms with E-state index < -0.39 is 6.09 Å². The van der Waals surface area contributed by atoms with Gasteiger partial charge in [0.05, 0.1) is 18.5 Å². The normalized spacial score (nSPS) is 11.6. The van der Waals surface area contributed by atoms with E-state index in [1.807, 2.05) is 26.0 Å². The lowest BCUT2D eigenvalue weighted by atomic mass is 10.3. The Bertz CT molecular complexity index is 511. The molecule has 4 N–H and O–H groups in total. The van der Waals surface area contributed by atoms with E-state index in [-0.39, 0.29) is 10.5 Å². The SMILES string of the molecule is CCOC(C)Sc1ccc(NC(=S)NC(=O)OC)c(N)c1. The highest BCUT2D eigenvalue weighted by atomic mass is 32.2. The molecule has 0 aromatic heterocycles. The number of thiocarbonyl (C=S) groups is 1. The van der Waals surface area contributed by atoms with E-state index >= 15 is 0 Å². The van der Waals surface area contributed by atoms with Gasteiger partial charge in [-0.3, -0.25) is 5.32 Å². The average Bonchev–Trinajstić information content (AvgIpc) is 2.42. The Morgan fingerprint density at radius 2 is 2.24 bits per heavy atom. The molecule has 1 unspecified atom stereocenters. The van der Waals surface area contributed by atoms with Crippen LogP contribution in [-0.2, 0) is 9.47 Å². The van der Waals surface area contributed by atoms with Gasteiger partial charge in [0.15, 0.2) is 5.11 Å². The van der Waals surface area contributed by atoms with Gasteiger partial charge in [0, 0.05) is 11.5 Å². The summed E-state index contributed by atoms with van der Waals surface area (Å²) in [6.45, 7) is 4.59. The van der Waals surface area contributed by atoms with Crippen LogP contribution in [0.25, 0.3) is 0 Å². The second-order valence-electron chi connectivity index (χ2n) is 3.96. The first kappa shape index (κ1) is 17.5. The van der Waals surface area contributed by atoms with Crippen LogP contribution in [-0.4, -0.2) is 30.4 Å². The molecule has 0 bridgehead atoms. The highest BCUT2D eigenvalue weighted by Crippen LogP contribution is 2.29. The molecule has 0 fully saturated rings. The molecular weight excluding hydrogens is 310 g/mol. The Hall–Kier alpha value is -1.51. The van der Waals surface area contributed by atoms with Crippen LogP contribution in [0.1, 0.15) is 13.8 Å². The minimum absolute atomic E-state index is 0.0512. The lowest BCUT2D eigenvalue weighted by Crippen LogP contribution is -2.34. The number of hydrogen-bond donors (Lipinski definition) is 3. The van der Waals surface area contributed by atoms with E-state index in [9.17, 15) is 4.79 Å². The molecule has 0 aliphatic heterocycles. The summed E-state index contributed by atoms with van der Waals surface area (Å²) in [6, 6.07) is 5.52. The van der Waals surface area contributed by atoms with E-state index in [1.54, 1.807) is 17.8 Å². The highest BCUT2D eigenvalue weighted by molar-refractivity contribution is 7.99. The standard InChI is InChI=1S/C13H19N3O3S2/c1-4-19-8(2)21-9-5-6-11(10(14)7-9)15-12(20)16-13(17)18-3/h5-8H,4,14H2,1-3H3,(H2,15,16,17,20). The van der Waals surface area contributed by atoms with Crippen molar-refractivity contribution in [2.45, 2.75) is 24.2 Å². The summed E-state index contributed by atoms with van der Waals surface area (Å²) in [6.07, 6.45) is -0.635. The molecule has 8 heteroatoms. The summed E-state index contributed by atoms with van der Waals surface area (Å²) < 4.78 is 9.91. The Morgan fingerprint density at radius 3 is 2.81 bits per heavy atom. The quantitative estimate of drug-likeness (QED) is 0.331. The first-order valence-corrected chi connectivity index (χ1v) is 7.58. The number of amides is 1. The minimum Gasteiger partial charge on any atom is -0.453 e. The number of nitrogen functional groups attached to an aromatic ring is 1. The van der Waals surface area contributed by atoms with Crippen LogP contribution in [0, 0.1) is 0 Å². The van der Waals surface area contributed by atoms with Gasteiger partial charge in [0.1, 0.15) is 5.44 Å². The van der Waals surface area contributed by atoms with Gasteiger partial charge < -0.3 is 20.5 Å². The number of ether oxygens (including phenoxy) is 2. The molecule has 0 aliphatic rings. The maximum atomic E-state index is 11.0. The van der Waals surface area contributed by atoms with Crippen molar-refractivity contribution in [1.82, 2.24) is 5.32 Å². The highest BCUT2D eigenvalue weighted by Gasteiger charge is 2.08. The van der Waals surface area contributed by atoms with Gasteiger partial charge in [-0.05, 0) is 44.3 Å². The smallest absolute Gasteiger partial charge is 0.413 e. The van der Waals surface area contributed by atoms with E-state index in [0.29, 0.717) is 18.0 Å². The van der Waals surface area contributed by atoms with Crippen LogP contribution in [0.3, 0.4) is 0 Å². The fraction of sp³-hybridized carbons (Fsp3) is 0.385. The van der Waals surface area contributed by atoms with Crippen LogP contribution in [0.15, 0.2) is 23.1 Å². The zero-order valence-electron chi connectivity index (χ0n) is 12.1. The van der Waals surface area contributed by atoms with Gasteiger partial charge in [0.2, 0.25) is 0 Å². The molecule has 1 atom stereocenters. The van der Waals surface area contributed by atoms with E-state index in [4.69, 9.17) is 22.7 Å². The predicted octanol–water partition coefficient (Wildman–Crippen LogP) is 2.80. The summed E-state index contributed by atoms with van der Waals surface area (Å²) >= 11 is 6.54. The van der Waals surface area contributed by atoms with Crippen molar-refractivity contribution in [1.29, 1.82) is 0 Å². The molecule has 6 nitrogen and oxygen atoms in total. The second kappa shape index (κ2) is 8.71. The zero-order chi connectivity index (χ0) is 15.8. The van der Waals surface area contributed by atoms with Gasteiger partial charge in [0.25, 0.3) is 0 Å². The molecule has 0 saturated heterocycles. The molecule has 1 aromatic rings. The number of thioether (sulfide) groups is 1. The Labute approximate surface area is 133 Å². The first-order chi connectivity index (χ1) is 9.96. The van der Waals surface area contributed by atoms with E-state index in [2.05, 4.69) is 15.4 Å². The van der Waals surface area contributed by atoms with Crippen molar-refractivity contribution in [2.75, 3.05) is 24.8 Å². The largest absolute Gasteiger partial charge is 0.453 e. The van der Waals surface area contributed by atoms with Crippen molar-refractivity contribution in [3.63, 3.8) is 0 Å². The minimum atomic E-state index is -0.635. The van der Waals surface area contributed by atoms with Crippen LogP contribution in [0.5, 0.6) is 0 Å². The second-order valence-corrected chi connectivity index (χ2v) is 5.74. The lowest BCUT2D eigenvalue weighted by molar-refractivity contribution is 0.137. The average molecular weight is 329 g/mol. The van der Waals surface area contributed by atoms with Crippen molar-refractivity contribution < 1.29 is 14.3 Å². The molecule has 1 aromatic carbocycles. The maximum absolute atomic E-state index is 11.0. The third-order valence-corrected chi connectivity index (χ3v) is 3.57. The summed E-state index contributed by atoms with van der Waals surface area (Å²) in [5, 5.41) is 5.30. The van der Waals surface area contributed by atoms with Crippen molar-refractivity contribution in [3.05, 3.63) is 18.2 Å². The molecule has 0 radical (unpaired) electrons. The third kappa shape index (κ3) is 6.19. The van der Waals surface area contributed by atoms with Gasteiger partial charge >= 0.3 is 6.09 Å². The first-order valence-electron chi connectivity index (χ1n) is 6.30. The summed E-state index contributed by atoms with van der Waals surface area (Å²) in [4.78, 5) is 12.0. The summed E-state index contributed by atoms with van der Waals surface area (Å²) in [5.74, 6) is 0. The predicted molar refractivity (Wildman–Crippen MR) is 89.6 cm³/mol. The molecule has 1 rings (SSSR count). The van der Waals surface area contributed by atoms with Crippen molar-refractivity contribution in [3.8, 4) is 0 Å². The summed E-state index contributed by atoms with van der Waals surface area (Å²) in [5.41, 5.74) is 7.15. The number of hydrogen-bond acceptors (Lipinski definition) is 6. The number of nitrogens with one attached hydrogen (secondary N) is 2. The van der Waals surface area contributed by atoms with Crippen LogP contribution in [0.2, 0.25) is 0 Å². The fourth-order valence-corrected chi connectivity index (χ4v) is 2.61. The Morgan fingerprint density at radius 1 is 1.52 bits per heavy atom. The van der Waals surface area contributed by atoms with Gasteiger partial charge in [-0.2, -0.15) is 0 Å². The van der Waals surface area contributed by atoms with E-state index in [0.717, 1.165) is 4.90 Å². The van der Waals surface area contributed by atoms with Gasteiger partial charge in [-0.15, -0.1) is 0 Å². The number of methoxy groups -OCH3 is 1. The maximum Gasteiger partial charge on any atom is 0.413 e. The monoisotopic (exact) mass is 329 g/mol. The third-order valence-electron chi connectivity index (χ3n) is 2.38. The van der Waals surface area contributed by atoms with Crippen molar-refractivity contribution in [2.24, 2.45) is 0 Å². The Balaban J connectivity index is 2.65. The lowest BCUT2D eigenvalue weighted by Gasteiger charge is -2.14. The van der Waals surface area contributed by atoms with E-state index in [1.165, 1.54) is 7.11 Å². The fourth-order valence-electron chi connectivity index (χ4n) is 1.49. The van der Waals surface area contributed by atoms with Gasteiger partial charge in [-0.25, -0.2) is 4.79 Å². The number of nitrogens with two attached hydrogens (primary N) is 1. The number of alkyl carbamates (subject to hydrolysis) is 1. The van der Waals surface area contributed by atoms with Crippen LogP contribution >= 0.6 is 24.0 Å². The molecule has 0 saturated carbocycles. The van der Waals surface area contributed by atoms with Crippen molar-refractivity contribution >= 4 is 46.6 Å². The molecular formula is C13H19N3O3S2. The topological polar surface area (TPSA) is 85.6 Å².